The molecule has 0 radical (unpaired) electrons. The van der Waals surface area contributed by atoms with Crippen molar-refractivity contribution in [3.8, 4) is 6.07 Å². The second kappa shape index (κ2) is 8.81. The van der Waals surface area contributed by atoms with Gasteiger partial charge in [-0.15, -0.1) is 0 Å². The molecule has 2 aromatic carbocycles. The minimum Gasteiger partial charge on any atom is -0.325 e. The Morgan fingerprint density at radius 1 is 1.15 bits per heavy atom. The fourth-order valence-electron chi connectivity index (χ4n) is 4.45. The van der Waals surface area contributed by atoms with Crippen molar-refractivity contribution in [3.63, 3.8) is 0 Å². The van der Waals surface area contributed by atoms with Gasteiger partial charge < -0.3 is 10.2 Å². The van der Waals surface area contributed by atoms with Gasteiger partial charge in [0.15, 0.2) is 0 Å². The molecule has 0 bridgehead atoms. The maximum atomic E-state index is 13.0. The molecule has 33 heavy (non-hydrogen) atoms. The zero-order valence-electron chi connectivity index (χ0n) is 19.3. The van der Waals surface area contributed by atoms with Crippen molar-refractivity contribution in [2.75, 3.05) is 11.3 Å². The number of hydrogen-bond acceptors (Lipinski definition) is 5. The van der Waals surface area contributed by atoms with E-state index in [0.29, 0.717) is 25.2 Å². The Hall–Kier alpha value is -2.89. The maximum absolute atomic E-state index is 13.0. The second-order valence-electron chi connectivity index (χ2n) is 9.82. The zero-order chi connectivity index (χ0) is 23.8. The van der Waals surface area contributed by atoms with Gasteiger partial charge in [-0.25, -0.2) is 8.42 Å². The molecule has 0 saturated carbocycles. The molecule has 2 N–H and O–H groups in total. The summed E-state index contributed by atoms with van der Waals surface area (Å²) in [6.45, 7) is 7.34. The molecule has 174 valence electrons. The normalized spacial score (nSPS) is 20.7. The molecule has 1 fully saturated rings. The quantitative estimate of drug-likeness (QED) is 0.720. The van der Waals surface area contributed by atoms with Crippen LogP contribution in [0.15, 0.2) is 47.4 Å². The number of sulfonamides is 1. The van der Waals surface area contributed by atoms with E-state index in [9.17, 15) is 18.5 Å². The Morgan fingerprint density at radius 2 is 1.88 bits per heavy atom. The third-order valence-electron chi connectivity index (χ3n) is 6.44. The summed E-state index contributed by atoms with van der Waals surface area (Å²) >= 11 is 0. The molecule has 1 amide bonds. The molecule has 4 rings (SSSR count). The number of benzene rings is 2. The molecule has 0 aromatic heterocycles. The van der Waals surface area contributed by atoms with E-state index in [1.807, 2.05) is 12.1 Å². The number of carbonyl (C=O) groups is 1. The van der Waals surface area contributed by atoms with Gasteiger partial charge in [0.25, 0.3) is 10.0 Å². The average molecular weight is 467 g/mol. The first-order chi connectivity index (χ1) is 15.6. The van der Waals surface area contributed by atoms with Gasteiger partial charge in [-0.2, -0.15) is 5.26 Å². The number of anilines is 1. The van der Waals surface area contributed by atoms with Crippen LogP contribution >= 0.6 is 0 Å². The van der Waals surface area contributed by atoms with E-state index < -0.39 is 16.1 Å². The summed E-state index contributed by atoms with van der Waals surface area (Å²) in [6.07, 6.45) is 2.05. The molecule has 2 aliphatic rings. The predicted molar refractivity (Wildman–Crippen MR) is 127 cm³/mol. The standard InChI is InChI=1S/C25H30N4O3S/c1-25(2,3)19-7-9-20(10-8-19)28-33(31,32)22-11-6-17-14-23(27-16-18(17)13-22)24(30)29-12-4-5-21(29)15-26/h6-11,13,21,23,27-28H,4-5,12,14,16H2,1-3H3/t21-,23-/m0/s1. The highest BCUT2D eigenvalue weighted by atomic mass is 32.2. The van der Waals surface area contributed by atoms with Gasteiger partial charge in [-0.3, -0.25) is 9.52 Å². The topological polar surface area (TPSA) is 102 Å². The lowest BCUT2D eigenvalue weighted by Crippen LogP contribution is -2.50. The summed E-state index contributed by atoms with van der Waals surface area (Å²) < 4.78 is 28.6. The minimum absolute atomic E-state index is 0.00750. The molecular weight excluding hydrogens is 436 g/mol. The molecule has 0 spiro atoms. The average Bonchev–Trinajstić information content (AvgIpc) is 3.26. The lowest BCUT2D eigenvalue weighted by Gasteiger charge is -2.30. The van der Waals surface area contributed by atoms with Gasteiger partial charge in [0, 0.05) is 18.8 Å². The van der Waals surface area contributed by atoms with Crippen molar-refractivity contribution < 1.29 is 13.2 Å². The molecule has 2 atom stereocenters. The van der Waals surface area contributed by atoms with Crippen LogP contribution in [-0.4, -0.2) is 37.9 Å². The molecule has 8 heteroatoms. The van der Waals surface area contributed by atoms with E-state index in [2.05, 4.69) is 36.9 Å². The van der Waals surface area contributed by atoms with Gasteiger partial charge in [-0.1, -0.05) is 39.0 Å². The Balaban J connectivity index is 1.47. The van der Waals surface area contributed by atoms with Crippen molar-refractivity contribution in [2.24, 2.45) is 0 Å². The first-order valence-corrected chi connectivity index (χ1v) is 12.8. The number of amides is 1. The highest BCUT2D eigenvalue weighted by molar-refractivity contribution is 7.92. The largest absolute Gasteiger partial charge is 0.325 e. The third-order valence-corrected chi connectivity index (χ3v) is 7.82. The zero-order valence-corrected chi connectivity index (χ0v) is 20.1. The number of hydrogen-bond donors (Lipinski definition) is 2. The van der Waals surface area contributed by atoms with Gasteiger partial charge in [0.05, 0.1) is 17.0 Å². The summed E-state index contributed by atoms with van der Waals surface area (Å²) in [5.74, 6) is -0.0539. The summed E-state index contributed by atoms with van der Waals surface area (Å²) in [7, 11) is -3.74. The smallest absolute Gasteiger partial charge is 0.261 e. The highest BCUT2D eigenvalue weighted by Gasteiger charge is 2.34. The number of fused-ring (bicyclic) bond motifs is 1. The van der Waals surface area contributed by atoms with Gasteiger partial charge >= 0.3 is 0 Å². The Bertz CT molecular complexity index is 1190. The summed E-state index contributed by atoms with van der Waals surface area (Å²) in [5, 5.41) is 12.5. The number of carbonyl (C=O) groups excluding carboxylic acids is 1. The van der Waals surface area contributed by atoms with Crippen LogP contribution in [0.4, 0.5) is 5.69 Å². The van der Waals surface area contributed by atoms with Gasteiger partial charge in [-0.05, 0) is 65.6 Å². The van der Waals surface area contributed by atoms with Crippen LogP contribution < -0.4 is 10.0 Å². The lowest BCUT2D eigenvalue weighted by atomic mass is 9.87. The number of likely N-dealkylation sites (tertiary alicyclic amines) is 1. The molecule has 0 aliphatic carbocycles. The van der Waals surface area contributed by atoms with Crippen molar-refractivity contribution in [1.82, 2.24) is 10.2 Å². The van der Waals surface area contributed by atoms with Crippen LogP contribution in [0.3, 0.4) is 0 Å². The number of nitrogens with one attached hydrogen (secondary N) is 2. The molecule has 0 unspecified atom stereocenters. The molecule has 1 saturated heterocycles. The molecule has 2 heterocycles. The van der Waals surface area contributed by atoms with Crippen LogP contribution in [0.25, 0.3) is 0 Å². The Labute approximate surface area is 195 Å². The van der Waals surface area contributed by atoms with Crippen molar-refractivity contribution in [1.29, 1.82) is 5.26 Å². The predicted octanol–water partition coefficient (Wildman–Crippen LogP) is 3.31. The van der Waals surface area contributed by atoms with Crippen LogP contribution in [0.5, 0.6) is 0 Å². The van der Waals surface area contributed by atoms with Gasteiger partial charge in [0.2, 0.25) is 5.91 Å². The number of nitriles is 1. The molecular formula is C25H30N4O3S. The first-order valence-electron chi connectivity index (χ1n) is 11.3. The molecule has 2 aliphatic heterocycles. The second-order valence-corrected chi connectivity index (χ2v) is 11.5. The van der Waals surface area contributed by atoms with E-state index in [0.717, 1.165) is 29.5 Å². The highest BCUT2D eigenvalue weighted by Crippen LogP contribution is 2.27. The van der Waals surface area contributed by atoms with Crippen LogP contribution in [0.2, 0.25) is 0 Å². The van der Waals surface area contributed by atoms with E-state index >= 15 is 0 Å². The lowest BCUT2D eigenvalue weighted by molar-refractivity contribution is -0.133. The van der Waals surface area contributed by atoms with Crippen LogP contribution in [0.1, 0.15) is 50.3 Å². The monoisotopic (exact) mass is 466 g/mol. The van der Waals surface area contributed by atoms with Crippen molar-refractivity contribution in [2.45, 2.75) is 69.0 Å². The van der Waals surface area contributed by atoms with E-state index in [1.165, 1.54) is 0 Å². The SMILES string of the molecule is CC(C)(C)c1ccc(NS(=O)(=O)c2ccc3c(c2)CN[C@H](C(=O)N2CCC[C@H]2C#N)C3)cc1. The van der Waals surface area contributed by atoms with E-state index in [1.54, 1.807) is 35.2 Å². The van der Waals surface area contributed by atoms with E-state index in [-0.39, 0.29) is 22.3 Å². The summed E-state index contributed by atoms with van der Waals surface area (Å²) in [6, 6.07) is 13.9. The molecule has 7 nitrogen and oxygen atoms in total. The van der Waals surface area contributed by atoms with Gasteiger partial charge in [0.1, 0.15) is 6.04 Å². The third kappa shape index (κ3) is 4.90. The van der Waals surface area contributed by atoms with Crippen LogP contribution in [-0.2, 0) is 33.2 Å². The van der Waals surface area contributed by atoms with Crippen molar-refractivity contribution in [3.05, 3.63) is 59.2 Å². The van der Waals surface area contributed by atoms with Crippen LogP contribution in [0, 0.1) is 11.3 Å². The maximum Gasteiger partial charge on any atom is 0.261 e. The molecule has 2 aromatic rings. The first kappa shape index (κ1) is 23.3. The Kier molecular flexibility index (Phi) is 6.21. The summed E-state index contributed by atoms with van der Waals surface area (Å²) in [5.41, 5.74) is 3.45. The fourth-order valence-corrected chi connectivity index (χ4v) is 5.56. The minimum atomic E-state index is -3.74. The fraction of sp³-hybridized carbons (Fsp3) is 0.440. The van der Waals surface area contributed by atoms with Crippen molar-refractivity contribution >= 4 is 21.6 Å². The summed E-state index contributed by atoms with van der Waals surface area (Å²) in [4.78, 5) is 14.8. The number of nitrogens with zero attached hydrogens (tertiary/aromatic N) is 2. The Morgan fingerprint density at radius 3 is 2.55 bits per heavy atom. The number of rotatable bonds is 4. The van der Waals surface area contributed by atoms with E-state index in [4.69, 9.17) is 0 Å².